The topological polar surface area (TPSA) is 94.1 Å². The second-order valence-corrected chi connectivity index (χ2v) is 5.54. The number of hydrogen-bond acceptors (Lipinski definition) is 5. The lowest BCUT2D eigenvalue weighted by molar-refractivity contribution is -0.384. The zero-order chi connectivity index (χ0) is 17.1. The van der Waals surface area contributed by atoms with Crippen molar-refractivity contribution < 1.29 is 10.0 Å². The highest BCUT2D eigenvalue weighted by Crippen LogP contribution is 2.24. The summed E-state index contributed by atoms with van der Waals surface area (Å²) in [6, 6.07) is 13.0. The number of non-ortho nitro benzene ring substituents is 1. The molecule has 122 valence electrons. The summed E-state index contributed by atoms with van der Waals surface area (Å²) in [5.41, 5.74) is 1.28. The maximum absolute atomic E-state index is 10.7. The predicted molar refractivity (Wildman–Crippen MR) is 88.5 cm³/mol. The number of nitro groups is 1. The summed E-state index contributed by atoms with van der Waals surface area (Å²) < 4.78 is 1.50. The zero-order valence-electron chi connectivity index (χ0n) is 12.4. The maximum Gasteiger partial charge on any atom is 0.269 e. The van der Waals surface area contributed by atoms with E-state index in [9.17, 15) is 15.2 Å². The monoisotopic (exact) mass is 344 g/mol. The average Bonchev–Trinajstić information content (AvgIpc) is 3.03. The van der Waals surface area contributed by atoms with Crippen LogP contribution in [0.25, 0.3) is 11.4 Å². The molecule has 1 heterocycles. The first-order valence-electron chi connectivity index (χ1n) is 7.11. The van der Waals surface area contributed by atoms with Crippen LogP contribution in [-0.2, 0) is 6.54 Å². The molecule has 3 rings (SSSR count). The normalized spacial score (nSPS) is 12.1. The van der Waals surface area contributed by atoms with Crippen LogP contribution in [-0.4, -0.2) is 24.8 Å². The molecule has 0 amide bonds. The molecule has 0 bridgehead atoms. The van der Waals surface area contributed by atoms with Crippen molar-refractivity contribution in [3.63, 3.8) is 0 Å². The van der Waals surface area contributed by atoms with E-state index in [1.54, 1.807) is 36.4 Å². The Kier molecular flexibility index (Phi) is 4.54. The highest BCUT2D eigenvalue weighted by Gasteiger charge is 2.14. The number of rotatable bonds is 5. The lowest BCUT2D eigenvalue weighted by Crippen LogP contribution is -2.09. The molecule has 3 aromatic rings. The van der Waals surface area contributed by atoms with Crippen molar-refractivity contribution in [1.29, 1.82) is 0 Å². The van der Waals surface area contributed by atoms with Crippen LogP contribution in [0.4, 0.5) is 5.69 Å². The van der Waals surface area contributed by atoms with Gasteiger partial charge in [0.25, 0.3) is 5.69 Å². The number of hydrogen-bond donors (Lipinski definition) is 1. The summed E-state index contributed by atoms with van der Waals surface area (Å²) in [6.45, 7) is 0.198. The van der Waals surface area contributed by atoms with Crippen molar-refractivity contribution in [2.75, 3.05) is 0 Å². The van der Waals surface area contributed by atoms with Crippen molar-refractivity contribution in [2.45, 2.75) is 12.6 Å². The summed E-state index contributed by atoms with van der Waals surface area (Å²) >= 11 is 6.07. The smallest absolute Gasteiger partial charge is 0.269 e. The molecule has 1 N–H and O–H groups in total. The number of nitrogens with zero attached hydrogens (tertiary/aromatic N) is 4. The molecule has 0 spiro atoms. The number of aromatic nitrogens is 3. The molecule has 0 saturated carbocycles. The van der Waals surface area contributed by atoms with Gasteiger partial charge >= 0.3 is 0 Å². The summed E-state index contributed by atoms with van der Waals surface area (Å²) in [5.74, 6) is 0.427. The first kappa shape index (κ1) is 16.1. The van der Waals surface area contributed by atoms with Crippen molar-refractivity contribution in [2.24, 2.45) is 0 Å². The zero-order valence-corrected chi connectivity index (χ0v) is 13.2. The van der Waals surface area contributed by atoms with Crippen LogP contribution in [0.2, 0.25) is 5.02 Å². The Morgan fingerprint density at radius 3 is 2.58 bits per heavy atom. The molecule has 2 aromatic carbocycles. The molecule has 1 aromatic heterocycles. The first-order chi connectivity index (χ1) is 11.5. The minimum atomic E-state index is -0.815. The van der Waals surface area contributed by atoms with E-state index in [4.69, 9.17) is 11.6 Å². The lowest BCUT2D eigenvalue weighted by Gasteiger charge is -2.12. The van der Waals surface area contributed by atoms with E-state index >= 15 is 0 Å². The van der Waals surface area contributed by atoms with Crippen molar-refractivity contribution >= 4 is 17.3 Å². The van der Waals surface area contributed by atoms with Crippen molar-refractivity contribution in [3.8, 4) is 11.4 Å². The fourth-order valence-electron chi connectivity index (χ4n) is 2.27. The van der Waals surface area contributed by atoms with Gasteiger partial charge in [0, 0.05) is 28.3 Å². The highest BCUT2D eigenvalue weighted by molar-refractivity contribution is 6.31. The van der Waals surface area contributed by atoms with E-state index < -0.39 is 11.0 Å². The molecular formula is C16H13ClN4O3. The van der Waals surface area contributed by atoms with Crippen LogP contribution < -0.4 is 0 Å². The number of halogens is 1. The summed E-state index contributed by atoms with van der Waals surface area (Å²) in [6.07, 6.45) is 0.682. The van der Waals surface area contributed by atoms with E-state index in [2.05, 4.69) is 10.1 Å². The highest BCUT2D eigenvalue weighted by atomic mass is 35.5. The molecule has 1 atom stereocenters. The summed E-state index contributed by atoms with van der Waals surface area (Å²) in [7, 11) is 0. The number of aliphatic hydroxyl groups excluding tert-OH is 1. The number of nitro benzene ring substituents is 1. The molecule has 7 nitrogen and oxygen atoms in total. The molecular weight excluding hydrogens is 332 g/mol. The quantitative estimate of drug-likeness (QED) is 0.566. The molecule has 0 aliphatic heterocycles. The van der Waals surface area contributed by atoms with E-state index in [0.29, 0.717) is 22.0 Å². The predicted octanol–water partition coefficient (Wildman–Crippen LogP) is 3.24. The SMILES string of the molecule is O=[N+]([O-])c1ccc(-c2ncn(CC(O)c3ccccc3Cl)n2)cc1. The van der Waals surface area contributed by atoms with Gasteiger partial charge in [-0.05, 0) is 18.2 Å². The van der Waals surface area contributed by atoms with Crippen LogP contribution in [0.1, 0.15) is 11.7 Å². The third-order valence-corrected chi connectivity index (χ3v) is 3.84. The van der Waals surface area contributed by atoms with Crippen LogP contribution in [0.15, 0.2) is 54.9 Å². The van der Waals surface area contributed by atoms with Crippen LogP contribution in [0.3, 0.4) is 0 Å². The van der Waals surface area contributed by atoms with Crippen molar-refractivity contribution in [3.05, 3.63) is 75.6 Å². The van der Waals surface area contributed by atoms with Gasteiger partial charge in [0.15, 0.2) is 5.82 Å². The number of benzene rings is 2. The molecule has 0 saturated heterocycles. The van der Waals surface area contributed by atoms with E-state index in [-0.39, 0.29) is 12.2 Å². The van der Waals surface area contributed by atoms with E-state index in [0.717, 1.165) is 0 Å². The first-order valence-corrected chi connectivity index (χ1v) is 7.49. The molecule has 0 aliphatic rings. The number of aliphatic hydroxyl groups is 1. The van der Waals surface area contributed by atoms with Gasteiger partial charge in [-0.15, -0.1) is 0 Å². The van der Waals surface area contributed by atoms with E-state index in [1.165, 1.54) is 23.1 Å². The third-order valence-electron chi connectivity index (χ3n) is 3.50. The molecule has 1 unspecified atom stereocenters. The van der Waals surface area contributed by atoms with Gasteiger partial charge in [-0.1, -0.05) is 29.8 Å². The van der Waals surface area contributed by atoms with Crippen LogP contribution in [0, 0.1) is 10.1 Å². The Morgan fingerprint density at radius 2 is 1.92 bits per heavy atom. The third kappa shape index (κ3) is 3.42. The van der Waals surface area contributed by atoms with Gasteiger partial charge in [-0.3, -0.25) is 10.1 Å². The Morgan fingerprint density at radius 1 is 1.21 bits per heavy atom. The molecule has 0 radical (unpaired) electrons. The van der Waals surface area contributed by atoms with Gasteiger partial charge in [0.1, 0.15) is 12.4 Å². The average molecular weight is 345 g/mol. The lowest BCUT2D eigenvalue weighted by atomic mass is 10.1. The fraction of sp³-hybridized carbons (Fsp3) is 0.125. The van der Waals surface area contributed by atoms with Gasteiger partial charge in [0.05, 0.1) is 11.5 Å². The maximum atomic E-state index is 10.7. The summed E-state index contributed by atoms with van der Waals surface area (Å²) in [5, 5.41) is 25.7. The van der Waals surface area contributed by atoms with Gasteiger partial charge in [-0.25, -0.2) is 9.67 Å². The van der Waals surface area contributed by atoms with Crippen LogP contribution >= 0.6 is 11.6 Å². The Labute approximate surface area is 142 Å². The minimum Gasteiger partial charge on any atom is -0.386 e. The standard InChI is InChI=1S/C16H13ClN4O3/c17-14-4-2-1-3-13(14)15(22)9-20-10-18-16(19-20)11-5-7-12(8-6-11)21(23)24/h1-8,10,15,22H,9H2. The Bertz CT molecular complexity index is 864. The molecule has 24 heavy (non-hydrogen) atoms. The molecule has 8 heteroatoms. The Hall–Kier alpha value is -2.77. The minimum absolute atomic E-state index is 0.00678. The van der Waals surface area contributed by atoms with E-state index in [1.807, 2.05) is 0 Å². The van der Waals surface area contributed by atoms with Gasteiger partial charge in [-0.2, -0.15) is 5.10 Å². The second-order valence-electron chi connectivity index (χ2n) is 5.13. The van der Waals surface area contributed by atoms with Crippen LogP contribution in [0.5, 0.6) is 0 Å². The molecule has 0 fully saturated rings. The Balaban J connectivity index is 1.76. The van der Waals surface area contributed by atoms with Crippen molar-refractivity contribution in [1.82, 2.24) is 14.8 Å². The second kappa shape index (κ2) is 6.77. The fourth-order valence-corrected chi connectivity index (χ4v) is 2.53. The summed E-state index contributed by atoms with van der Waals surface area (Å²) in [4.78, 5) is 14.4. The largest absolute Gasteiger partial charge is 0.386 e. The molecule has 0 aliphatic carbocycles. The van der Waals surface area contributed by atoms with Gasteiger partial charge < -0.3 is 5.11 Å². The van der Waals surface area contributed by atoms with Gasteiger partial charge in [0.2, 0.25) is 0 Å².